The summed E-state index contributed by atoms with van der Waals surface area (Å²) in [6.45, 7) is 2.67. The largest absolute Gasteiger partial charge is 0.376 e. The number of benzene rings is 1. The fourth-order valence-corrected chi connectivity index (χ4v) is 3.47. The summed E-state index contributed by atoms with van der Waals surface area (Å²) in [7, 11) is -1.64. The molecule has 0 spiro atoms. The van der Waals surface area contributed by atoms with Gasteiger partial charge in [0.1, 0.15) is 6.07 Å². The predicted molar refractivity (Wildman–Crippen MR) is 78.2 cm³/mol. The molecule has 1 aromatic rings. The first-order chi connectivity index (χ1) is 10.0. The third-order valence-corrected chi connectivity index (χ3v) is 4.92. The maximum Gasteiger partial charge on any atom is 0.241 e. The van der Waals surface area contributed by atoms with Crippen molar-refractivity contribution in [3.05, 3.63) is 29.8 Å². The molecule has 114 valence electrons. The van der Waals surface area contributed by atoms with E-state index >= 15 is 0 Å². The van der Waals surface area contributed by atoms with Gasteiger partial charge in [-0.15, -0.1) is 0 Å². The summed E-state index contributed by atoms with van der Waals surface area (Å²) in [5.41, 5.74) is 0.152. The summed E-state index contributed by atoms with van der Waals surface area (Å²) in [6, 6.07) is 8.07. The number of sulfonamides is 1. The molecule has 2 rings (SSSR count). The molecule has 0 amide bonds. The van der Waals surface area contributed by atoms with Crippen molar-refractivity contribution in [1.82, 2.24) is 9.62 Å². The number of nitrogens with one attached hydrogen (secondary N) is 1. The lowest BCUT2D eigenvalue weighted by molar-refractivity contribution is -0.0222. The number of rotatable bonds is 5. The van der Waals surface area contributed by atoms with Crippen LogP contribution >= 0.6 is 0 Å². The van der Waals surface area contributed by atoms with Gasteiger partial charge in [0.15, 0.2) is 0 Å². The second kappa shape index (κ2) is 7.00. The smallest absolute Gasteiger partial charge is 0.241 e. The summed E-state index contributed by atoms with van der Waals surface area (Å²) < 4.78 is 32.5. The van der Waals surface area contributed by atoms with E-state index in [1.54, 1.807) is 12.1 Å². The molecule has 1 aliphatic rings. The van der Waals surface area contributed by atoms with Crippen molar-refractivity contribution in [1.29, 1.82) is 5.26 Å². The van der Waals surface area contributed by atoms with Crippen molar-refractivity contribution in [3.63, 3.8) is 0 Å². The van der Waals surface area contributed by atoms with Crippen LogP contribution in [0.2, 0.25) is 0 Å². The van der Waals surface area contributed by atoms with E-state index in [9.17, 15) is 8.42 Å². The number of hydrogen-bond acceptors (Lipinski definition) is 5. The van der Waals surface area contributed by atoms with Gasteiger partial charge in [0.2, 0.25) is 10.0 Å². The van der Waals surface area contributed by atoms with Crippen molar-refractivity contribution in [2.45, 2.75) is 17.4 Å². The molecule has 1 N–H and O–H groups in total. The topological polar surface area (TPSA) is 82.4 Å². The highest BCUT2D eigenvalue weighted by Crippen LogP contribution is 2.14. The Labute approximate surface area is 125 Å². The van der Waals surface area contributed by atoms with Gasteiger partial charge in [0.25, 0.3) is 0 Å². The zero-order chi connectivity index (χ0) is 15.3. The van der Waals surface area contributed by atoms with Crippen LogP contribution in [0.3, 0.4) is 0 Å². The Morgan fingerprint density at radius 3 is 2.95 bits per heavy atom. The molecule has 0 saturated carbocycles. The van der Waals surface area contributed by atoms with Crippen molar-refractivity contribution in [2.75, 3.05) is 33.3 Å². The average Bonchev–Trinajstić information content (AvgIpc) is 2.47. The highest BCUT2D eigenvalue weighted by atomic mass is 32.2. The second-order valence-electron chi connectivity index (χ2n) is 5.05. The Morgan fingerprint density at radius 2 is 2.24 bits per heavy atom. The van der Waals surface area contributed by atoms with Crippen LogP contribution in [0.5, 0.6) is 0 Å². The molecule has 0 bridgehead atoms. The van der Waals surface area contributed by atoms with Gasteiger partial charge in [0, 0.05) is 19.6 Å². The third kappa shape index (κ3) is 4.25. The number of nitrogens with zero attached hydrogens (tertiary/aromatic N) is 2. The Morgan fingerprint density at radius 1 is 1.48 bits per heavy atom. The quantitative estimate of drug-likeness (QED) is 0.859. The lowest BCUT2D eigenvalue weighted by Crippen LogP contribution is -2.41. The van der Waals surface area contributed by atoms with Crippen LogP contribution in [0.15, 0.2) is 29.2 Å². The molecule has 21 heavy (non-hydrogen) atoms. The van der Waals surface area contributed by atoms with Gasteiger partial charge in [0.05, 0.1) is 23.2 Å². The standard InChI is InChI=1S/C14H19N3O3S/c1-17-8-9-20-13(11-17)6-7-16-21(18,19)14-5-3-2-4-12(14)10-15/h2-5,13,16H,6-9,11H2,1H3. The van der Waals surface area contributed by atoms with Crippen LogP contribution in [0.1, 0.15) is 12.0 Å². The second-order valence-corrected chi connectivity index (χ2v) is 6.78. The molecule has 1 atom stereocenters. The lowest BCUT2D eigenvalue weighted by atomic mass is 10.2. The van der Waals surface area contributed by atoms with Gasteiger partial charge in [-0.3, -0.25) is 0 Å². The van der Waals surface area contributed by atoms with E-state index < -0.39 is 10.0 Å². The van der Waals surface area contributed by atoms with Crippen LogP contribution in [0.4, 0.5) is 0 Å². The maximum absolute atomic E-state index is 12.2. The SMILES string of the molecule is CN1CCOC(CCNS(=O)(=O)c2ccccc2C#N)C1. The normalized spacial score (nSPS) is 20.1. The van der Waals surface area contributed by atoms with Crippen molar-refractivity contribution >= 4 is 10.0 Å². The molecular formula is C14H19N3O3S. The molecule has 0 aromatic heterocycles. The Hall–Kier alpha value is -1.46. The molecule has 1 unspecified atom stereocenters. The van der Waals surface area contributed by atoms with E-state index in [-0.39, 0.29) is 16.6 Å². The first-order valence-electron chi connectivity index (χ1n) is 6.82. The van der Waals surface area contributed by atoms with E-state index in [0.29, 0.717) is 19.6 Å². The molecule has 1 aromatic carbocycles. The summed E-state index contributed by atoms with van der Waals surface area (Å²) in [4.78, 5) is 2.18. The number of hydrogen-bond donors (Lipinski definition) is 1. The summed E-state index contributed by atoms with van der Waals surface area (Å²) in [6.07, 6.45) is 0.649. The zero-order valence-electron chi connectivity index (χ0n) is 11.9. The molecule has 1 heterocycles. The van der Waals surface area contributed by atoms with Gasteiger partial charge in [-0.25, -0.2) is 13.1 Å². The first-order valence-corrected chi connectivity index (χ1v) is 8.30. The molecule has 0 radical (unpaired) electrons. The minimum Gasteiger partial charge on any atom is -0.376 e. The Balaban J connectivity index is 1.94. The van der Waals surface area contributed by atoms with Crippen molar-refractivity contribution in [2.24, 2.45) is 0 Å². The van der Waals surface area contributed by atoms with Crippen molar-refractivity contribution < 1.29 is 13.2 Å². The minimum atomic E-state index is -3.66. The highest BCUT2D eigenvalue weighted by molar-refractivity contribution is 7.89. The molecule has 1 fully saturated rings. The molecule has 0 aliphatic carbocycles. The predicted octanol–water partition coefficient (Wildman–Crippen LogP) is 0.557. The van der Waals surface area contributed by atoms with Gasteiger partial charge in [-0.2, -0.15) is 5.26 Å². The summed E-state index contributed by atoms with van der Waals surface area (Å²) in [5.74, 6) is 0. The first kappa shape index (κ1) is 15.9. The van der Waals surface area contributed by atoms with Gasteiger partial charge in [-0.05, 0) is 25.6 Å². The van der Waals surface area contributed by atoms with Crippen molar-refractivity contribution in [3.8, 4) is 6.07 Å². The molecule has 1 saturated heterocycles. The van der Waals surface area contributed by atoms with Crippen LogP contribution in [-0.4, -0.2) is 52.7 Å². The fraction of sp³-hybridized carbons (Fsp3) is 0.500. The van der Waals surface area contributed by atoms with Crippen LogP contribution in [0, 0.1) is 11.3 Å². The maximum atomic E-state index is 12.2. The monoisotopic (exact) mass is 309 g/mol. The molecular weight excluding hydrogens is 290 g/mol. The molecule has 6 nitrogen and oxygen atoms in total. The third-order valence-electron chi connectivity index (χ3n) is 3.40. The zero-order valence-corrected chi connectivity index (χ0v) is 12.8. The van der Waals surface area contributed by atoms with Crippen LogP contribution < -0.4 is 4.72 Å². The van der Waals surface area contributed by atoms with Crippen LogP contribution in [-0.2, 0) is 14.8 Å². The van der Waals surface area contributed by atoms with Gasteiger partial charge < -0.3 is 9.64 Å². The van der Waals surface area contributed by atoms with E-state index in [1.165, 1.54) is 12.1 Å². The van der Waals surface area contributed by atoms with E-state index in [2.05, 4.69) is 9.62 Å². The molecule has 1 aliphatic heterocycles. The lowest BCUT2D eigenvalue weighted by Gasteiger charge is -2.30. The summed E-state index contributed by atoms with van der Waals surface area (Å²) >= 11 is 0. The number of nitriles is 1. The minimum absolute atomic E-state index is 0.0224. The van der Waals surface area contributed by atoms with Gasteiger partial charge in [-0.1, -0.05) is 12.1 Å². The van der Waals surface area contributed by atoms with E-state index in [0.717, 1.165) is 13.1 Å². The van der Waals surface area contributed by atoms with E-state index in [1.807, 2.05) is 13.1 Å². The number of morpholine rings is 1. The fourth-order valence-electron chi connectivity index (χ4n) is 2.27. The highest BCUT2D eigenvalue weighted by Gasteiger charge is 2.20. The number of likely N-dealkylation sites (N-methyl/N-ethyl adjacent to an activating group) is 1. The Kier molecular flexibility index (Phi) is 5.31. The number of ether oxygens (including phenoxy) is 1. The van der Waals surface area contributed by atoms with E-state index in [4.69, 9.17) is 10.00 Å². The summed E-state index contributed by atoms with van der Waals surface area (Å²) in [5, 5.41) is 8.97. The average molecular weight is 309 g/mol. The van der Waals surface area contributed by atoms with Crippen LogP contribution in [0.25, 0.3) is 0 Å². The van der Waals surface area contributed by atoms with Gasteiger partial charge >= 0.3 is 0 Å². The Bertz CT molecular complexity index is 625. The molecule has 7 heteroatoms.